The zero-order valence-electron chi connectivity index (χ0n) is 10.1. The molecule has 0 aliphatic heterocycles. The van der Waals surface area contributed by atoms with Crippen LogP contribution in [0.1, 0.15) is 15.4 Å². The molecule has 0 saturated carbocycles. The number of thiazole rings is 1. The number of aryl methyl sites for hydroxylation is 1. The van der Waals surface area contributed by atoms with Crippen LogP contribution in [0.2, 0.25) is 0 Å². The highest BCUT2D eigenvalue weighted by molar-refractivity contribution is 7.11. The van der Waals surface area contributed by atoms with Gasteiger partial charge in [-0.25, -0.2) is 4.98 Å². The second kappa shape index (κ2) is 5.80. The van der Waals surface area contributed by atoms with Gasteiger partial charge >= 0.3 is 0 Å². The first-order valence-electron chi connectivity index (χ1n) is 5.55. The van der Waals surface area contributed by atoms with Crippen molar-refractivity contribution in [3.63, 3.8) is 0 Å². The summed E-state index contributed by atoms with van der Waals surface area (Å²) < 4.78 is 5.69. The van der Waals surface area contributed by atoms with E-state index in [9.17, 15) is 0 Å². The van der Waals surface area contributed by atoms with Gasteiger partial charge in [-0.1, -0.05) is 12.1 Å². The summed E-state index contributed by atoms with van der Waals surface area (Å²) in [6, 6.07) is 8.15. The molecule has 0 spiro atoms. The average Bonchev–Trinajstić information content (AvgIpc) is 2.75. The maximum Gasteiger partial charge on any atom is 0.124 e. The lowest BCUT2D eigenvalue weighted by molar-refractivity contribution is 0.309. The maximum absolute atomic E-state index is 5.69. The topological polar surface area (TPSA) is 34.1 Å². The molecule has 0 atom stereocenters. The van der Waals surface area contributed by atoms with E-state index in [0.29, 0.717) is 6.61 Å². The summed E-state index contributed by atoms with van der Waals surface area (Å²) in [7, 11) is 1.94. The molecule has 2 rings (SSSR count). The number of nitrogens with one attached hydrogen (secondary N) is 1. The van der Waals surface area contributed by atoms with E-state index >= 15 is 0 Å². The first-order valence-corrected chi connectivity index (χ1v) is 6.37. The van der Waals surface area contributed by atoms with Gasteiger partial charge in [0.2, 0.25) is 0 Å². The molecule has 0 amide bonds. The third-order valence-electron chi connectivity index (χ3n) is 2.35. The summed E-state index contributed by atoms with van der Waals surface area (Å²) >= 11 is 1.67. The Bertz CT molecular complexity index is 465. The fourth-order valence-electron chi connectivity index (χ4n) is 1.53. The molecule has 0 bridgehead atoms. The smallest absolute Gasteiger partial charge is 0.124 e. The summed E-state index contributed by atoms with van der Waals surface area (Å²) in [5.74, 6) is 0.899. The Balaban J connectivity index is 1.90. The summed E-state index contributed by atoms with van der Waals surface area (Å²) in [6.07, 6.45) is 1.87. The molecule has 17 heavy (non-hydrogen) atoms. The number of hydrogen-bond acceptors (Lipinski definition) is 4. The van der Waals surface area contributed by atoms with E-state index in [1.807, 2.05) is 32.3 Å². The van der Waals surface area contributed by atoms with E-state index in [1.54, 1.807) is 11.3 Å². The highest BCUT2D eigenvalue weighted by Crippen LogP contribution is 2.17. The third kappa shape index (κ3) is 3.54. The van der Waals surface area contributed by atoms with Crippen LogP contribution in [0.4, 0.5) is 0 Å². The molecule has 1 N–H and O–H groups in total. The van der Waals surface area contributed by atoms with Gasteiger partial charge in [0.25, 0.3) is 0 Å². The largest absolute Gasteiger partial charge is 0.488 e. The predicted octanol–water partition coefficient (Wildman–Crippen LogP) is 2.75. The Hall–Kier alpha value is -1.39. The van der Waals surface area contributed by atoms with Crippen molar-refractivity contribution < 1.29 is 4.74 Å². The van der Waals surface area contributed by atoms with E-state index in [2.05, 4.69) is 22.4 Å². The van der Waals surface area contributed by atoms with E-state index in [0.717, 1.165) is 22.2 Å². The van der Waals surface area contributed by atoms with Crippen LogP contribution < -0.4 is 10.1 Å². The zero-order chi connectivity index (χ0) is 12.1. The minimum atomic E-state index is 0.594. The minimum Gasteiger partial charge on any atom is -0.488 e. The normalized spacial score (nSPS) is 10.5. The van der Waals surface area contributed by atoms with Gasteiger partial charge in [-0.15, -0.1) is 11.3 Å². The van der Waals surface area contributed by atoms with Gasteiger partial charge in [0, 0.05) is 12.7 Å². The molecule has 4 heteroatoms. The quantitative estimate of drug-likeness (QED) is 0.883. The van der Waals surface area contributed by atoms with Crippen molar-refractivity contribution in [3.05, 3.63) is 45.9 Å². The number of aromatic nitrogens is 1. The zero-order valence-corrected chi connectivity index (χ0v) is 10.9. The molecular weight excluding hydrogens is 232 g/mol. The third-order valence-corrected chi connectivity index (χ3v) is 3.24. The van der Waals surface area contributed by atoms with Crippen molar-refractivity contribution in [1.82, 2.24) is 10.3 Å². The van der Waals surface area contributed by atoms with Crippen LogP contribution in [0.5, 0.6) is 5.75 Å². The van der Waals surface area contributed by atoms with Crippen LogP contribution in [0.25, 0.3) is 0 Å². The van der Waals surface area contributed by atoms with Crippen molar-refractivity contribution in [1.29, 1.82) is 0 Å². The fraction of sp³-hybridized carbons (Fsp3) is 0.308. The molecule has 0 aliphatic rings. The Kier molecular flexibility index (Phi) is 4.12. The van der Waals surface area contributed by atoms with E-state index in [-0.39, 0.29) is 0 Å². The number of hydrogen-bond donors (Lipinski definition) is 1. The van der Waals surface area contributed by atoms with Crippen molar-refractivity contribution >= 4 is 11.3 Å². The second-order valence-electron chi connectivity index (χ2n) is 3.81. The van der Waals surface area contributed by atoms with Crippen LogP contribution in [0.3, 0.4) is 0 Å². The number of ether oxygens (including phenoxy) is 1. The van der Waals surface area contributed by atoms with Gasteiger partial charge in [0.15, 0.2) is 0 Å². The van der Waals surface area contributed by atoms with Crippen LogP contribution >= 0.6 is 11.3 Å². The lowest BCUT2D eigenvalue weighted by atomic mass is 10.2. The first kappa shape index (κ1) is 12.1. The Labute approximate surface area is 105 Å². The predicted molar refractivity (Wildman–Crippen MR) is 70.4 cm³/mol. The molecule has 3 nitrogen and oxygen atoms in total. The van der Waals surface area contributed by atoms with Crippen molar-refractivity contribution in [3.8, 4) is 5.75 Å². The highest BCUT2D eigenvalue weighted by atomic mass is 32.1. The summed E-state index contributed by atoms with van der Waals surface area (Å²) in [6.45, 7) is 3.48. The molecule has 90 valence electrons. The Morgan fingerprint density at radius 1 is 1.29 bits per heavy atom. The molecule has 1 aromatic heterocycles. The van der Waals surface area contributed by atoms with Gasteiger partial charge < -0.3 is 10.1 Å². The molecule has 0 unspecified atom stereocenters. The van der Waals surface area contributed by atoms with Crippen LogP contribution in [-0.4, -0.2) is 12.0 Å². The summed E-state index contributed by atoms with van der Waals surface area (Å²) in [5, 5.41) is 4.19. The standard InChI is InChI=1S/C13H16N2OS/c1-10-15-8-13(17-10)9-16-12-5-3-11(4-6-12)7-14-2/h3-6,8,14H,7,9H2,1-2H3. The van der Waals surface area contributed by atoms with Gasteiger partial charge in [0.05, 0.1) is 9.88 Å². The fourth-order valence-corrected chi connectivity index (χ4v) is 2.24. The Morgan fingerprint density at radius 3 is 2.65 bits per heavy atom. The summed E-state index contributed by atoms with van der Waals surface area (Å²) in [5.41, 5.74) is 1.26. The molecule has 1 heterocycles. The summed E-state index contributed by atoms with van der Waals surface area (Å²) in [4.78, 5) is 5.35. The maximum atomic E-state index is 5.69. The minimum absolute atomic E-state index is 0.594. The van der Waals surface area contributed by atoms with Crippen LogP contribution in [0.15, 0.2) is 30.5 Å². The average molecular weight is 248 g/mol. The lowest BCUT2D eigenvalue weighted by Crippen LogP contribution is -2.04. The lowest BCUT2D eigenvalue weighted by Gasteiger charge is -2.05. The molecular formula is C13H16N2OS. The van der Waals surface area contributed by atoms with E-state index < -0.39 is 0 Å². The molecule has 0 aliphatic carbocycles. The van der Waals surface area contributed by atoms with E-state index in [4.69, 9.17) is 4.74 Å². The number of rotatable bonds is 5. The van der Waals surface area contributed by atoms with Gasteiger partial charge in [-0.05, 0) is 31.7 Å². The monoisotopic (exact) mass is 248 g/mol. The number of benzene rings is 1. The van der Waals surface area contributed by atoms with Crippen LogP contribution in [0, 0.1) is 6.92 Å². The van der Waals surface area contributed by atoms with Crippen molar-refractivity contribution in [2.45, 2.75) is 20.1 Å². The van der Waals surface area contributed by atoms with Gasteiger partial charge in [-0.3, -0.25) is 0 Å². The molecule has 0 fully saturated rings. The highest BCUT2D eigenvalue weighted by Gasteiger charge is 2.00. The molecule has 2 aromatic rings. The van der Waals surface area contributed by atoms with Gasteiger partial charge in [-0.2, -0.15) is 0 Å². The van der Waals surface area contributed by atoms with Gasteiger partial charge in [0.1, 0.15) is 12.4 Å². The van der Waals surface area contributed by atoms with Crippen molar-refractivity contribution in [2.24, 2.45) is 0 Å². The Morgan fingerprint density at radius 2 is 2.06 bits per heavy atom. The number of nitrogens with zero attached hydrogens (tertiary/aromatic N) is 1. The SMILES string of the molecule is CNCc1ccc(OCc2cnc(C)s2)cc1. The first-order chi connectivity index (χ1) is 8.28. The van der Waals surface area contributed by atoms with E-state index in [1.165, 1.54) is 5.56 Å². The second-order valence-corrected chi connectivity index (χ2v) is 5.13. The van der Waals surface area contributed by atoms with Crippen LogP contribution in [-0.2, 0) is 13.2 Å². The molecule has 1 aromatic carbocycles. The molecule has 0 saturated heterocycles. The van der Waals surface area contributed by atoms with Crippen molar-refractivity contribution in [2.75, 3.05) is 7.05 Å². The molecule has 0 radical (unpaired) electrons.